The van der Waals surface area contributed by atoms with Crippen LogP contribution in [0, 0.1) is 0 Å². The third-order valence-electron chi connectivity index (χ3n) is 3.37. The highest BCUT2D eigenvalue weighted by molar-refractivity contribution is 5.88. The Bertz CT molecular complexity index is 487. The van der Waals surface area contributed by atoms with Crippen LogP contribution in [-0.4, -0.2) is 48.1 Å². The van der Waals surface area contributed by atoms with E-state index >= 15 is 0 Å². The molecule has 2 rings (SSSR count). The minimum Gasteiger partial charge on any atom is -0.478 e. The normalized spacial score (nSPS) is 15.5. The Labute approximate surface area is 118 Å². The highest BCUT2D eigenvalue weighted by Gasteiger charge is 2.22. The molecule has 0 bridgehead atoms. The molecule has 1 aromatic carbocycles. The SMILES string of the molecule is CC(C)OCC(O)CN1CCc2cc(C(=O)O)ccc21. The van der Waals surface area contributed by atoms with Crippen LogP contribution in [0.5, 0.6) is 0 Å². The summed E-state index contributed by atoms with van der Waals surface area (Å²) in [4.78, 5) is 13.0. The van der Waals surface area contributed by atoms with E-state index in [1.165, 1.54) is 0 Å². The van der Waals surface area contributed by atoms with E-state index in [1.54, 1.807) is 12.1 Å². The van der Waals surface area contributed by atoms with Gasteiger partial charge >= 0.3 is 5.97 Å². The van der Waals surface area contributed by atoms with Crippen molar-refractivity contribution in [1.29, 1.82) is 0 Å². The molecule has 0 aromatic heterocycles. The van der Waals surface area contributed by atoms with Crippen molar-refractivity contribution >= 4 is 11.7 Å². The third-order valence-corrected chi connectivity index (χ3v) is 3.37. The molecule has 1 unspecified atom stereocenters. The van der Waals surface area contributed by atoms with E-state index in [9.17, 15) is 9.90 Å². The fraction of sp³-hybridized carbons (Fsp3) is 0.533. The first-order chi connectivity index (χ1) is 9.47. The van der Waals surface area contributed by atoms with Crippen molar-refractivity contribution < 1.29 is 19.7 Å². The quantitative estimate of drug-likeness (QED) is 0.826. The van der Waals surface area contributed by atoms with Gasteiger partial charge in [-0.2, -0.15) is 0 Å². The molecule has 1 atom stereocenters. The molecular weight excluding hydrogens is 258 g/mol. The molecule has 1 aliphatic rings. The number of hydrogen-bond acceptors (Lipinski definition) is 4. The second kappa shape index (κ2) is 6.24. The summed E-state index contributed by atoms with van der Waals surface area (Å²) < 4.78 is 5.40. The van der Waals surface area contributed by atoms with Crippen LogP contribution in [-0.2, 0) is 11.2 Å². The summed E-state index contributed by atoms with van der Waals surface area (Å²) in [5.74, 6) is -0.906. The van der Waals surface area contributed by atoms with E-state index < -0.39 is 12.1 Å². The van der Waals surface area contributed by atoms with Crippen molar-refractivity contribution in [2.75, 3.05) is 24.6 Å². The first-order valence-electron chi connectivity index (χ1n) is 6.88. The Balaban J connectivity index is 1.99. The number of benzene rings is 1. The van der Waals surface area contributed by atoms with Crippen LogP contribution in [0.1, 0.15) is 29.8 Å². The van der Waals surface area contributed by atoms with Crippen molar-refractivity contribution in [3.05, 3.63) is 29.3 Å². The largest absolute Gasteiger partial charge is 0.478 e. The van der Waals surface area contributed by atoms with E-state index in [4.69, 9.17) is 9.84 Å². The van der Waals surface area contributed by atoms with Crippen LogP contribution in [0.2, 0.25) is 0 Å². The van der Waals surface area contributed by atoms with E-state index in [0.717, 1.165) is 24.2 Å². The van der Waals surface area contributed by atoms with Crippen LogP contribution < -0.4 is 4.90 Å². The second-order valence-corrected chi connectivity index (χ2v) is 5.38. The van der Waals surface area contributed by atoms with Crippen LogP contribution in [0.3, 0.4) is 0 Å². The van der Waals surface area contributed by atoms with Gasteiger partial charge in [0.25, 0.3) is 0 Å². The van der Waals surface area contributed by atoms with Crippen molar-refractivity contribution in [3.63, 3.8) is 0 Å². The van der Waals surface area contributed by atoms with Crippen molar-refractivity contribution in [1.82, 2.24) is 0 Å². The number of nitrogens with zero attached hydrogens (tertiary/aromatic N) is 1. The summed E-state index contributed by atoms with van der Waals surface area (Å²) >= 11 is 0. The Hall–Kier alpha value is -1.59. The average Bonchev–Trinajstić information content (AvgIpc) is 2.79. The third kappa shape index (κ3) is 3.49. The number of ether oxygens (including phenoxy) is 1. The van der Waals surface area contributed by atoms with Gasteiger partial charge in [-0.25, -0.2) is 4.79 Å². The first-order valence-corrected chi connectivity index (χ1v) is 6.88. The molecular formula is C15H21NO4. The maximum Gasteiger partial charge on any atom is 0.335 e. The van der Waals surface area contributed by atoms with Gasteiger partial charge in [0, 0.05) is 18.8 Å². The standard InChI is InChI=1S/C15H21NO4/c1-10(2)20-9-13(17)8-16-6-5-11-7-12(15(18)19)3-4-14(11)16/h3-4,7,10,13,17H,5-6,8-9H2,1-2H3,(H,18,19). The number of fused-ring (bicyclic) bond motifs is 1. The zero-order chi connectivity index (χ0) is 14.7. The molecule has 1 aromatic rings. The number of hydrogen-bond donors (Lipinski definition) is 2. The maximum atomic E-state index is 10.9. The molecule has 0 aliphatic carbocycles. The molecule has 20 heavy (non-hydrogen) atoms. The van der Waals surface area contributed by atoms with Crippen molar-refractivity contribution in [2.24, 2.45) is 0 Å². The number of aromatic carboxylic acids is 1. The number of aliphatic hydroxyl groups is 1. The Morgan fingerprint density at radius 1 is 1.45 bits per heavy atom. The average molecular weight is 279 g/mol. The predicted octanol–water partition coefficient (Wildman–Crippen LogP) is 1.53. The number of aliphatic hydroxyl groups excluding tert-OH is 1. The van der Waals surface area contributed by atoms with Crippen molar-refractivity contribution in [3.8, 4) is 0 Å². The Morgan fingerprint density at radius 2 is 2.20 bits per heavy atom. The van der Waals surface area contributed by atoms with Gasteiger partial charge in [-0.15, -0.1) is 0 Å². The molecule has 1 aliphatic heterocycles. The minimum absolute atomic E-state index is 0.105. The van der Waals surface area contributed by atoms with Crippen LogP contribution in [0.15, 0.2) is 18.2 Å². The molecule has 0 spiro atoms. The van der Waals surface area contributed by atoms with Gasteiger partial charge in [-0.3, -0.25) is 0 Å². The van der Waals surface area contributed by atoms with Gasteiger partial charge in [-0.05, 0) is 44.0 Å². The zero-order valence-corrected chi connectivity index (χ0v) is 11.9. The lowest BCUT2D eigenvalue weighted by molar-refractivity contribution is 0.00904. The van der Waals surface area contributed by atoms with Crippen molar-refractivity contribution in [2.45, 2.75) is 32.5 Å². The van der Waals surface area contributed by atoms with E-state index in [2.05, 4.69) is 4.90 Å². The predicted molar refractivity (Wildman–Crippen MR) is 76.4 cm³/mol. The molecule has 0 radical (unpaired) electrons. The molecule has 0 fully saturated rings. The molecule has 0 saturated heterocycles. The van der Waals surface area contributed by atoms with Crippen LogP contribution in [0.25, 0.3) is 0 Å². The van der Waals surface area contributed by atoms with E-state index in [1.807, 2.05) is 19.9 Å². The lowest BCUT2D eigenvalue weighted by Crippen LogP contribution is -2.34. The van der Waals surface area contributed by atoms with Gasteiger partial charge in [0.15, 0.2) is 0 Å². The molecule has 110 valence electrons. The Morgan fingerprint density at radius 3 is 2.85 bits per heavy atom. The lowest BCUT2D eigenvalue weighted by Gasteiger charge is -2.23. The topological polar surface area (TPSA) is 70.0 Å². The monoisotopic (exact) mass is 279 g/mol. The summed E-state index contributed by atoms with van der Waals surface area (Å²) in [7, 11) is 0. The van der Waals surface area contributed by atoms with Gasteiger partial charge < -0.3 is 19.8 Å². The molecule has 0 saturated carbocycles. The molecule has 2 N–H and O–H groups in total. The highest BCUT2D eigenvalue weighted by Crippen LogP contribution is 2.28. The molecule has 5 heteroatoms. The van der Waals surface area contributed by atoms with E-state index in [0.29, 0.717) is 18.7 Å². The second-order valence-electron chi connectivity index (χ2n) is 5.38. The summed E-state index contributed by atoms with van der Waals surface area (Å²) in [5.41, 5.74) is 2.36. The van der Waals surface area contributed by atoms with Crippen LogP contribution >= 0.6 is 0 Å². The summed E-state index contributed by atoms with van der Waals surface area (Å²) in [5, 5.41) is 18.9. The lowest BCUT2D eigenvalue weighted by atomic mass is 10.1. The molecule has 0 amide bonds. The number of β-amino-alcohol motifs (C(OH)–C–C–N with tert-alkyl or cyclic N) is 1. The van der Waals surface area contributed by atoms with Gasteiger partial charge in [0.1, 0.15) is 0 Å². The number of carbonyl (C=O) groups is 1. The highest BCUT2D eigenvalue weighted by atomic mass is 16.5. The number of rotatable bonds is 6. The molecule has 1 heterocycles. The van der Waals surface area contributed by atoms with Crippen LogP contribution in [0.4, 0.5) is 5.69 Å². The number of anilines is 1. The number of carboxylic acid groups (broad SMARTS) is 1. The summed E-state index contributed by atoms with van der Waals surface area (Å²) in [6.45, 7) is 5.50. The fourth-order valence-electron chi connectivity index (χ4n) is 2.40. The Kier molecular flexibility index (Phi) is 4.62. The van der Waals surface area contributed by atoms with Gasteiger partial charge in [-0.1, -0.05) is 0 Å². The minimum atomic E-state index is -0.906. The summed E-state index contributed by atoms with van der Waals surface area (Å²) in [6, 6.07) is 5.15. The van der Waals surface area contributed by atoms with Gasteiger partial charge in [0.2, 0.25) is 0 Å². The number of carboxylic acids is 1. The fourth-order valence-corrected chi connectivity index (χ4v) is 2.40. The molecule has 5 nitrogen and oxygen atoms in total. The summed E-state index contributed by atoms with van der Waals surface area (Å²) in [6.07, 6.45) is 0.380. The zero-order valence-electron chi connectivity index (χ0n) is 11.9. The van der Waals surface area contributed by atoms with Gasteiger partial charge in [0.05, 0.1) is 24.4 Å². The smallest absolute Gasteiger partial charge is 0.335 e. The first kappa shape index (κ1) is 14.8. The van der Waals surface area contributed by atoms with E-state index in [-0.39, 0.29) is 6.10 Å². The maximum absolute atomic E-state index is 10.9.